The summed E-state index contributed by atoms with van der Waals surface area (Å²) in [7, 11) is 2.01. The second-order valence-electron chi connectivity index (χ2n) is 4.36. The van der Waals surface area contributed by atoms with Crippen LogP contribution in [0.25, 0.3) is 10.9 Å². The van der Waals surface area contributed by atoms with E-state index < -0.39 is 0 Å². The molecular weight excluding hydrogens is 186 g/mol. The maximum atomic E-state index is 5.68. The number of nitrogens with two attached hydrogens (primary N) is 1. The van der Waals surface area contributed by atoms with Crippen molar-refractivity contribution in [3.8, 4) is 0 Å². The van der Waals surface area contributed by atoms with Gasteiger partial charge in [-0.3, -0.25) is 4.68 Å². The molecule has 1 saturated carbocycles. The monoisotopic (exact) mass is 201 g/mol. The van der Waals surface area contributed by atoms with E-state index in [1.54, 1.807) is 0 Å². The van der Waals surface area contributed by atoms with Crippen LogP contribution in [0.5, 0.6) is 0 Å². The predicted molar refractivity (Wildman–Crippen MR) is 60.6 cm³/mol. The summed E-state index contributed by atoms with van der Waals surface area (Å²) >= 11 is 0. The summed E-state index contributed by atoms with van der Waals surface area (Å²) in [6, 6.07) is 8.41. The van der Waals surface area contributed by atoms with Gasteiger partial charge in [-0.1, -0.05) is 18.2 Å². The van der Waals surface area contributed by atoms with Crippen LogP contribution in [0.15, 0.2) is 24.3 Å². The number of fused-ring (bicyclic) bond motifs is 1. The maximum Gasteiger partial charge on any atom is 0.0737 e. The Labute approximate surface area is 88.9 Å². The highest BCUT2D eigenvalue weighted by atomic mass is 15.3. The minimum absolute atomic E-state index is 0.598. The molecule has 3 heteroatoms. The molecule has 1 heterocycles. The van der Waals surface area contributed by atoms with Gasteiger partial charge >= 0.3 is 0 Å². The fourth-order valence-electron chi connectivity index (χ4n) is 2.36. The van der Waals surface area contributed by atoms with Gasteiger partial charge in [0, 0.05) is 18.4 Å². The molecular formula is C12H15N3. The number of hydrogen-bond donors (Lipinski definition) is 1. The summed E-state index contributed by atoms with van der Waals surface area (Å²) in [5, 5.41) is 5.90. The first-order valence-corrected chi connectivity index (χ1v) is 5.43. The second kappa shape index (κ2) is 3.07. The SMILES string of the molecule is Cn1nc(C2CC2CN)c2ccccc21. The highest BCUT2D eigenvalue weighted by molar-refractivity contribution is 5.82. The van der Waals surface area contributed by atoms with Gasteiger partial charge in [0.25, 0.3) is 0 Å². The van der Waals surface area contributed by atoms with Crippen LogP contribution in [0, 0.1) is 5.92 Å². The third-order valence-corrected chi connectivity index (χ3v) is 3.36. The molecule has 2 N–H and O–H groups in total. The van der Waals surface area contributed by atoms with E-state index >= 15 is 0 Å². The van der Waals surface area contributed by atoms with Crippen LogP contribution in [0.3, 0.4) is 0 Å². The van der Waals surface area contributed by atoms with Crippen LogP contribution in [0.1, 0.15) is 18.0 Å². The Hall–Kier alpha value is -1.35. The van der Waals surface area contributed by atoms with Gasteiger partial charge in [-0.25, -0.2) is 0 Å². The highest BCUT2D eigenvalue weighted by Crippen LogP contribution is 2.47. The Balaban J connectivity index is 2.12. The van der Waals surface area contributed by atoms with E-state index in [0.29, 0.717) is 11.8 Å². The molecule has 0 bridgehead atoms. The van der Waals surface area contributed by atoms with Crippen molar-refractivity contribution in [2.75, 3.05) is 6.54 Å². The number of rotatable bonds is 2. The molecule has 3 nitrogen and oxygen atoms in total. The Morgan fingerprint density at radius 3 is 3.00 bits per heavy atom. The minimum atomic E-state index is 0.598. The first kappa shape index (κ1) is 8.92. The molecule has 1 aromatic heterocycles. The zero-order valence-electron chi connectivity index (χ0n) is 8.85. The van der Waals surface area contributed by atoms with Crippen LogP contribution in [-0.2, 0) is 7.05 Å². The molecule has 1 aliphatic rings. The summed E-state index contributed by atoms with van der Waals surface area (Å²) in [5.41, 5.74) is 8.13. The van der Waals surface area contributed by atoms with Crippen molar-refractivity contribution < 1.29 is 0 Å². The average molecular weight is 201 g/mol. The summed E-state index contributed by atoms with van der Waals surface area (Å²) in [6.07, 6.45) is 1.21. The minimum Gasteiger partial charge on any atom is -0.330 e. The van der Waals surface area contributed by atoms with Crippen molar-refractivity contribution in [2.45, 2.75) is 12.3 Å². The van der Waals surface area contributed by atoms with E-state index in [1.807, 2.05) is 11.7 Å². The zero-order chi connectivity index (χ0) is 10.4. The van der Waals surface area contributed by atoms with Crippen molar-refractivity contribution in [3.63, 3.8) is 0 Å². The van der Waals surface area contributed by atoms with Gasteiger partial charge in [0.15, 0.2) is 0 Å². The number of aryl methyl sites for hydroxylation is 1. The smallest absolute Gasteiger partial charge is 0.0737 e. The molecule has 15 heavy (non-hydrogen) atoms. The summed E-state index contributed by atoms with van der Waals surface area (Å²) in [5.74, 6) is 1.25. The second-order valence-corrected chi connectivity index (χ2v) is 4.36. The first-order chi connectivity index (χ1) is 7.31. The number of hydrogen-bond acceptors (Lipinski definition) is 2. The zero-order valence-corrected chi connectivity index (χ0v) is 8.85. The van der Waals surface area contributed by atoms with Crippen molar-refractivity contribution in [1.82, 2.24) is 9.78 Å². The summed E-state index contributed by atoms with van der Waals surface area (Å²) in [4.78, 5) is 0. The molecule has 1 fully saturated rings. The lowest BCUT2D eigenvalue weighted by molar-refractivity contribution is 0.741. The van der Waals surface area contributed by atoms with Gasteiger partial charge in [-0.15, -0.1) is 0 Å². The van der Waals surface area contributed by atoms with Crippen molar-refractivity contribution in [1.29, 1.82) is 0 Å². The Morgan fingerprint density at radius 1 is 1.47 bits per heavy atom. The molecule has 0 spiro atoms. The average Bonchev–Trinajstić information content (AvgIpc) is 2.98. The van der Waals surface area contributed by atoms with Gasteiger partial charge in [0.05, 0.1) is 11.2 Å². The first-order valence-electron chi connectivity index (χ1n) is 5.43. The van der Waals surface area contributed by atoms with E-state index in [0.717, 1.165) is 6.54 Å². The molecule has 0 radical (unpaired) electrons. The van der Waals surface area contributed by atoms with Gasteiger partial charge in [0.1, 0.15) is 0 Å². The van der Waals surface area contributed by atoms with Crippen molar-refractivity contribution in [2.24, 2.45) is 18.7 Å². The van der Waals surface area contributed by atoms with Crippen molar-refractivity contribution in [3.05, 3.63) is 30.0 Å². The van der Waals surface area contributed by atoms with Crippen LogP contribution in [-0.4, -0.2) is 16.3 Å². The van der Waals surface area contributed by atoms with E-state index in [4.69, 9.17) is 5.73 Å². The quantitative estimate of drug-likeness (QED) is 0.802. The Morgan fingerprint density at radius 2 is 2.27 bits per heavy atom. The van der Waals surface area contributed by atoms with Crippen LogP contribution >= 0.6 is 0 Å². The standard InChI is InChI=1S/C12H15N3/c1-15-11-5-3-2-4-9(11)12(14-15)10-6-8(10)7-13/h2-5,8,10H,6-7,13H2,1H3. The van der Waals surface area contributed by atoms with E-state index in [-0.39, 0.29) is 0 Å². The fraction of sp³-hybridized carbons (Fsp3) is 0.417. The largest absolute Gasteiger partial charge is 0.330 e. The molecule has 1 aromatic carbocycles. The number of para-hydroxylation sites is 1. The van der Waals surface area contributed by atoms with Gasteiger partial charge in [0.2, 0.25) is 0 Å². The van der Waals surface area contributed by atoms with Crippen LogP contribution < -0.4 is 5.73 Å². The summed E-state index contributed by atoms with van der Waals surface area (Å²) in [6.45, 7) is 0.787. The van der Waals surface area contributed by atoms with Crippen LogP contribution in [0.2, 0.25) is 0 Å². The molecule has 3 rings (SSSR count). The molecule has 0 aliphatic heterocycles. The van der Waals surface area contributed by atoms with Gasteiger partial charge < -0.3 is 5.73 Å². The Kier molecular flexibility index (Phi) is 1.83. The Bertz CT molecular complexity index is 501. The molecule has 0 saturated heterocycles. The third-order valence-electron chi connectivity index (χ3n) is 3.36. The molecule has 2 aromatic rings. The lowest BCUT2D eigenvalue weighted by Gasteiger charge is -1.93. The maximum absolute atomic E-state index is 5.68. The topological polar surface area (TPSA) is 43.8 Å². The van der Waals surface area contributed by atoms with Gasteiger partial charge in [-0.05, 0) is 24.9 Å². The van der Waals surface area contributed by atoms with E-state index in [2.05, 4.69) is 29.4 Å². The molecule has 78 valence electrons. The normalized spacial score (nSPS) is 24.7. The van der Waals surface area contributed by atoms with E-state index in [1.165, 1.54) is 23.0 Å². The highest BCUT2D eigenvalue weighted by Gasteiger charge is 2.39. The number of nitrogens with zero attached hydrogens (tertiary/aromatic N) is 2. The molecule has 1 aliphatic carbocycles. The number of benzene rings is 1. The third kappa shape index (κ3) is 1.27. The van der Waals surface area contributed by atoms with Gasteiger partial charge in [-0.2, -0.15) is 5.10 Å². The van der Waals surface area contributed by atoms with Crippen LogP contribution in [0.4, 0.5) is 0 Å². The number of aromatic nitrogens is 2. The fourth-order valence-corrected chi connectivity index (χ4v) is 2.36. The summed E-state index contributed by atoms with van der Waals surface area (Å²) < 4.78 is 1.97. The lowest BCUT2D eigenvalue weighted by Crippen LogP contribution is -2.02. The molecule has 2 atom stereocenters. The lowest BCUT2D eigenvalue weighted by atomic mass is 10.1. The predicted octanol–water partition coefficient (Wildman–Crippen LogP) is 1.64. The van der Waals surface area contributed by atoms with E-state index in [9.17, 15) is 0 Å². The van der Waals surface area contributed by atoms with Crippen molar-refractivity contribution >= 4 is 10.9 Å². The molecule has 2 unspecified atom stereocenters. The molecule has 0 amide bonds.